The molecule has 1 aliphatic heterocycles. The lowest BCUT2D eigenvalue weighted by atomic mass is 9.98. The highest BCUT2D eigenvalue weighted by Gasteiger charge is 2.35. The second-order valence-corrected chi connectivity index (χ2v) is 3.30. The largest absolute Gasteiger partial charge is 0.375 e. The quantitative estimate of drug-likeness (QED) is 0.569. The molecule has 11 heavy (non-hydrogen) atoms. The molecule has 1 heterocycles. The van der Waals surface area contributed by atoms with Gasteiger partial charge in [-0.1, -0.05) is 5.92 Å². The van der Waals surface area contributed by atoms with Crippen LogP contribution in [0.5, 0.6) is 0 Å². The van der Waals surface area contributed by atoms with Gasteiger partial charge in [0.2, 0.25) is 0 Å². The molecule has 0 aliphatic carbocycles. The molecule has 0 radical (unpaired) electrons. The average molecular weight is 154 g/mol. The summed E-state index contributed by atoms with van der Waals surface area (Å²) in [6.07, 6.45) is 7.06. The minimum atomic E-state index is -1.09. The van der Waals surface area contributed by atoms with Gasteiger partial charge in [-0.15, -0.1) is 6.42 Å². The first-order valence-electron chi connectivity index (χ1n) is 3.92. The molecule has 1 fully saturated rings. The molecule has 1 saturated heterocycles. The van der Waals surface area contributed by atoms with Crippen LogP contribution in [0.15, 0.2) is 0 Å². The van der Waals surface area contributed by atoms with Crippen molar-refractivity contribution in [2.75, 3.05) is 0 Å². The fourth-order valence-corrected chi connectivity index (χ4v) is 1.31. The van der Waals surface area contributed by atoms with E-state index in [9.17, 15) is 5.11 Å². The van der Waals surface area contributed by atoms with Gasteiger partial charge in [0.1, 0.15) is 5.60 Å². The molecule has 0 aromatic carbocycles. The van der Waals surface area contributed by atoms with Gasteiger partial charge in [0.05, 0.1) is 12.2 Å². The Hall–Kier alpha value is -0.520. The lowest BCUT2D eigenvalue weighted by Gasteiger charge is -2.23. The molecule has 3 atom stereocenters. The highest BCUT2D eigenvalue weighted by molar-refractivity contribution is 5.10. The Kier molecular flexibility index (Phi) is 2.22. The number of terminal acetylenes is 1. The third-order valence-electron chi connectivity index (χ3n) is 2.15. The van der Waals surface area contributed by atoms with Crippen molar-refractivity contribution in [2.45, 2.75) is 44.5 Å². The van der Waals surface area contributed by atoms with Crippen LogP contribution in [0.25, 0.3) is 0 Å². The highest BCUT2D eigenvalue weighted by Crippen LogP contribution is 2.27. The molecule has 1 aliphatic rings. The SMILES string of the molecule is C#C[C@](C)(O)[C@@H]1CC[C@H](C)O1. The Morgan fingerprint density at radius 2 is 2.27 bits per heavy atom. The van der Waals surface area contributed by atoms with Crippen LogP contribution in [-0.2, 0) is 4.74 Å². The van der Waals surface area contributed by atoms with E-state index in [-0.39, 0.29) is 12.2 Å². The Bertz CT molecular complexity index is 178. The zero-order valence-electron chi connectivity index (χ0n) is 7.00. The van der Waals surface area contributed by atoms with E-state index in [1.54, 1.807) is 6.92 Å². The van der Waals surface area contributed by atoms with E-state index in [1.165, 1.54) is 0 Å². The van der Waals surface area contributed by atoms with Crippen LogP contribution in [0, 0.1) is 12.3 Å². The molecule has 0 aromatic rings. The normalized spacial score (nSPS) is 36.2. The second kappa shape index (κ2) is 2.84. The number of rotatable bonds is 1. The Morgan fingerprint density at radius 1 is 1.64 bits per heavy atom. The summed E-state index contributed by atoms with van der Waals surface area (Å²) < 4.78 is 5.42. The molecule has 0 spiro atoms. The van der Waals surface area contributed by atoms with E-state index in [0.29, 0.717) is 0 Å². The van der Waals surface area contributed by atoms with Gasteiger partial charge in [-0.3, -0.25) is 0 Å². The third kappa shape index (κ3) is 1.74. The Morgan fingerprint density at radius 3 is 2.64 bits per heavy atom. The van der Waals surface area contributed by atoms with Crippen LogP contribution in [0.3, 0.4) is 0 Å². The Balaban J connectivity index is 2.57. The van der Waals surface area contributed by atoms with Crippen molar-refractivity contribution in [1.82, 2.24) is 0 Å². The van der Waals surface area contributed by atoms with Gasteiger partial charge in [-0.25, -0.2) is 0 Å². The summed E-state index contributed by atoms with van der Waals surface area (Å²) in [5.41, 5.74) is -1.09. The molecule has 2 nitrogen and oxygen atoms in total. The predicted octanol–water partition coefficient (Wildman–Crippen LogP) is 0.938. The molecule has 1 N–H and O–H groups in total. The van der Waals surface area contributed by atoms with Gasteiger partial charge in [0.25, 0.3) is 0 Å². The molecule has 0 unspecified atom stereocenters. The number of aliphatic hydroxyl groups is 1. The van der Waals surface area contributed by atoms with E-state index < -0.39 is 5.60 Å². The number of ether oxygens (including phenoxy) is 1. The van der Waals surface area contributed by atoms with Crippen molar-refractivity contribution >= 4 is 0 Å². The van der Waals surface area contributed by atoms with Crippen LogP contribution >= 0.6 is 0 Å². The van der Waals surface area contributed by atoms with E-state index in [1.807, 2.05) is 6.92 Å². The van der Waals surface area contributed by atoms with Crippen LogP contribution in [0.4, 0.5) is 0 Å². The van der Waals surface area contributed by atoms with Gasteiger partial charge < -0.3 is 9.84 Å². The first kappa shape index (κ1) is 8.58. The van der Waals surface area contributed by atoms with E-state index in [2.05, 4.69) is 5.92 Å². The first-order valence-corrected chi connectivity index (χ1v) is 3.92. The Labute approximate surface area is 67.6 Å². The summed E-state index contributed by atoms with van der Waals surface area (Å²) >= 11 is 0. The smallest absolute Gasteiger partial charge is 0.148 e. The van der Waals surface area contributed by atoms with Gasteiger partial charge >= 0.3 is 0 Å². The molecule has 0 bridgehead atoms. The second-order valence-electron chi connectivity index (χ2n) is 3.30. The zero-order valence-corrected chi connectivity index (χ0v) is 7.00. The molecule has 0 amide bonds. The molecule has 0 saturated carbocycles. The first-order chi connectivity index (χ1) is 5.06. The summed E-state index contributed by atoms with van der Waals surface area (Å²) in [6, 6.07) is 0. The van der Waals surface area contributed by atoms with Crippen molar-refractivity contribution in [1.29, 1.82) is 0 Å². The van der Waals surface area contributed by atoms with Crippen LogP contribution in [-0.4, -0.2) is 22.9 Å². The van der Waals surface area contributed by atoms with Crippen molar-refractivity contribution in [2.24, 2.45) is 0 Å². The van der Waals surface area contributed by atoms with Crippen LogP contribution in [0.2, 0.25) is 0 Å². The van der Waals surface area contributed by atoms with Crippen LogP contribution < -0.4 is 0 Å². The fraction of sp³-hybridized carbons (Fsp3) is 0.778. The summed E-state index contributed by atoms with van der Waals surface area (Å²) in [6.45, 7) is 3.61. The molecular weight excluding hydrogens is 140 g/mol. The summed E-state index contributed by atoms with van der Waals surface area (Å²) in [5.74, 6) is 2.33. The predicted molar refractivity (Wildman–Crippen MR) is 43.0 cm³/mol. The van der Waals surface area contributed by atoms with E-state index >= 15 is 0 Å². The van der Waals surface area contributed by atoms with E-state index in [0.717, 1.165) is 12.8 Å². The number of hydrogen-bond donors (Lipinski definition) is 1. The van der Waals surface area contributed by atoms with Crippen molar-refractivity contribution in [3.8, 4) is 12.3 Å². The molecular formula is C9H14O2. The maximum atomic E-state index is 9.58. The lowest BCUT2D eigenvalue weighted by molar-refractivity contribution is -0.0564. The highest BCUT2D eigenvalue weighted by atomic mass is 16.5. The summed E-state index contributed by atoms with van der Waals surface area (Å²) in [4.78, 5) is 0. The summed E-state index contributed by atoms with van der Waals surface area (Å²) in [5, 5.41) is 9.58. The summed E-state index contributed by atoms with van der Waals surface area (Å²) in [7, 11) is 0. The zero-order chi connectivity index (χ0) is 8.48. The fourth-order valence-electron chi connectivity index (χ4n) is 1.31. The topological polar surface area (TPSA) is 29.5 Å². The standard InChI is InChI=1S/C9H14O2/c1-4-9(3,10)8-6-5-7(2)11-8/h1,7-8,10H,5-6H2,2-3H3/t7-,8-,9-/m0/s1. The van der Waals surface area contributed by atoms with Crippen molar-refractivity contribution in [3.05, 3.63) is 0 Å². The molecule has 62 valence electrons. The van der Waals surface area contributed by atoms with Gasteiger partial charge in [0, 0.05) is 0 Å². The van der Waals surface area contributed by atoms with Crippen molar-refractivity contribution < 1.29 is 9.84 Å². The minimum Gasteiger partial charge on any atom is -0.375 e. The monoisotopic (exact) mass is 154 g/mol. The van der Waals surface area contributed by atoms with Gasteiger partial charge in [0.15, 0.2) is 0 Å². The molecule has 1 rings (SSSR count). The average Bonchev–Trinajstić information content (AvgIpc) is 2.36. The molecule has 2 heteroatoms. The minimum absolute atomic E-state index is 0.178. The van der Waals surface area contributed by atoms with Crippen molar-refractivity contribution in [3.63, 3.8) is 0 Å². The van der Waals surface area contributed by atoms with Gasteiger partial charge in [-0.2, -0.15) is 0 Å². The maximum Gasteiger partial charge on any atom is 0.148 e. The third-order valence-corrected chi connectivity index (χ3v) is 2.15. The van der Waals surface area contributed by atoms with E-state index in [4.69, 9.17) is 11.2 Å². The number of hydrogen-bond acceptors (Lipinski definition) is 2. The van der Waals surface area contributed by atoms with Gasteiger partial charge in [-0.05, 0) is 26.7 Å². The maximum absolute atomic E-state index is 9.58. The van der Waals surface area contributed by atoms with Crippen LogP contribution in [0.1, 0.15) is 26.7 Å². The molecule has 0 aromatic heterocycles. The lowest BCUT2D eigenvalue weighted by Crippen LogP contribution is -2.37.